The molecule has 0 saturated carbocycles. The Morgan fingerprint density at radius 3 is 1.39 bits per heavy atom. The molecule has 0 spiro atoms. The third kappa shape index (κ3) is 8.67. The quantitative estimate of drug-likeness (QED) is 0.256. The molecule has 2 aromatic carbocycles. The summed E-state index contributed by atoms with van der Waals surface area (Å²) in [4.78, 5) is 37.0. The van der Waals surface area contributed by atoms with Gasteiger partial charge in [0, 0.05) is 11.1 Å². The maximum Gasteiger partial charge on any atom is 0.308 e. The molecule has 208 valence electrons. The lowest BCUT2D eigenvalue weighted by atomic mass is 10.1. The van der Waals surface area contributed by atoms with Crippen LogP contribution >= 0.6 is 0 Å². The number of aliphatic hydroxyl groups is 2. The van der Waals surface area contributed by atoms with Gasteiger partial charge >= 0.3 is 11.9 Å². The number of para-hydroxylation sites is 2. The van der Waals surface area contributed by atoms with E-state index in [9.17, 15) is 19.8 Å². The molecular weight excluding hydrogens is 488 g/mol. The number of nitrogens with zero attached hydrogens (tertiary/aromatic N) is 2. The third-order valence-electron chi connectivity index (χ3n) is 5.22. The Bertz CT molecular complexity index is 1200. The summed E-state index contributed by atoms with van der Waals surface area (Å²) in [6.07, 6.45) is -1.93. The first-order valence-corrected chi connectivity index (χ1v) is 12.6. The average molecular weight is 529 g/mol. The van der Waals surface area contributed by atoms with Gasteiger partial charge in [0.25, 0.3) is 0 Å². The number of carbonyl (C=O) groups is 2. The predicted molar refractivity (Wildman–Crippen MR) is 148 cm³/mol. The van der Waals surface area contributed by atoms with Crippen LogP contribution in [0.4, 0.5) is 0 Å². The van der Waals surface area contributed by atoms with E-state index in [1.54, 1.807) is 12.1 Å². The lowest BCUT2D eigenvalue weighted by molar-refractivity contribution is -0.143. The highest BCUT2D eigenvalue weighted by atomic mass is 16.5. The fourth-order valence-corrected chi connectivity index (χ4v) is 3.60. The third-order valence-corrected chi connectivity index (χ3v) is 5.22. The molecule has 0 amide bonds. The Hall–Kier alpha value is -3.76. The number of carbonyl (C=O) groups excluding carboxylic acids is 2. The Morgan fingerprint density at radius 1 is 0.737 bits per heavy atom. The number of rotatable bonds is 6. The molecule has 4 aromatic rings. The van der Waals surface area contributed by atoms with Gasteiger partial charge in [-0.15, -0.1) is 0 Å². The van der Waals surface area contributed by atoms with Crippen molar-refractivity contribution in [2.45, 2.75) is 66.6 Å². The zero-order chi connectivity index (χ0) is 28.8. The number of aryl methyl sites for hydroxylation is 2. The zero-order valence-corrected chi connectivity index (χ0v) is 23.5. The number of esters is 2. The maximum atomic E-state index is 11.1. The molecule has 4 N–H and O–H groups in total. The molecule has 0 radical (unpaired) electrons. The normalized spacial score (nSPS) is 11.6. The Labute approximate surface area is 223 Å². The van der Waals surface area contributed by atoms with Gasteiger partial charge in [-0.2, -0.15) is 0 Å². The number of aromatic nitrogens is 4. The summed E-state index contributed by atoms with van der Waals surface area (Å²) >= 11 is 0. The van der Waals surface area contributed by atoms with Gasteiger partial charge in [0.15, 0.2) is 0 Å². The highest BCUT2D eigenvalue weighted by Gasteiger charge is 2.18. The van der Waals surface area contributed by atoms with E-state index in [1.807, 2.05) is 65.8 Å². The summed E-state index contributed by atoms with van der Waals surface area (Å²) in [5.41, 5.74) is 4.37. The summed E-state index contributed by atoms with van der Waals surface area (Å²) in [6.45, 7) is 11.7. The number of benzene rings is 2. The number of H-pyrrole nitrogens is 2. The molecule has 0 aliphatic rings. The van der Waals surface area contributed by atoms with Crippen molar-refractivity contribution in [2.24, 2.45) is 0 Å². The fraction of sp³-hybridized carbons (Fsp3) is 0.429. The predicted octanol–water partition coefficient (Wildman–Crippen LogP) is 4.99. The topological polar surface area (TPSA) is 150 Å². The molecule has 2 aromatic heterocycles. The lowest BCUT2D eigenvalue weighted by Crippen LogP contribution is -2.08. The molecule has 38 heavy (non-hydrogen) atoms. The molecule has 0 aliphatic carbocycles. The Morgan fingerprint density at radius 2 is 1.08 bits per heavy atom. The van der Waals surface area contributed by atoms with E-state index in [0.29, 0.717) is 22.2 Å². The molecule has 4 rings (SSSR count). The Kier molecular flexibility index (Phi) is 13.7. The second-order valence-corrected chi connectivity index (χ2v) is 7.72. The molecule has 0 fully saturated rings. The monoisotopic (exact) mass is 528 g/mol. The van der Waals surface area contributed by atoms with Crippen LogP contribution in [0.5, 0.6) is 0 Å². The van der Waals surface area contributed by atoms with Crippen LogP contribution in [0.15, 0.2) is 36.4 Å². The minimum Gasteiger partial charge on any atom is -0.469 e. The molecule has 10 heteroatoms. The summed E-state index contributed by atoms with van der Waals surface area (Å²) in [5, 5.41) is 19.9. The number of hydrogen-bond acceptors (Lipinski definition) is 8. The van der Waals surface area contributed by atoms with Crippen molar-refractivity contribution in [1.82, 2.24) is 19.9 Å². The molecule has 0 aliphatic heterocycles. The van der Waals surface area contributed by atoms with Gasteiger partial charge in [0.1, 0.15) is 11.6 Å². The largest absolute Gasteiger partial charge is 0.469 e. The second kappa shape index (κ2) is 16.2. The molecular formula is C28H40N4O6. The van der Waals surface area contributed by atoms with E-state index >= 15 is 0 Å². The molecule has 0 saturated heterocycles. The van der Waals surface area contributed by atoms with Crippen LogP contribution in [0.2, 0.25) is 0 Å². The zero-order valence-electron chi connectivity index (χ0n) is 23.5. The van der Waals surface area contributed by atoms with Gasteiger partial charge in [0.2, 0.25) is 0 Å². The fourth-order valence-electron chi connectivity index (χ4n) is 3.60. The number of ether oxygens (including phenoxy) is 2. The van der Waals surface area contributed by atoms with Crippen LogP contribution in [0.1, 0.15) is 75.5 Å². The summed E-state index contributed by atoms with van der Waals surface area (Å²) < 4.78 is 9.06. The van der Waals surface area contributed by atoms with Crippen LogP contribution in [-0.2, 0) is 19.1 Å². The number of methoxy groups -OCH3 is 2. The van der Waals surface area contributed by atoms with E-state index in [-0.39, 0.29) is 12.8 Å². The van der Waals surface area contributed by atoms with Crippen LogP contribution < -0.4 is 0 Å². The smallest absolute Gasteiger partial charge is 0.308 e. The number of nitrogens with one attached hydrogen (secondary N) is 2. The van der Waals surface area contributed by atoms with Crippen molar-refractivity contribution in [3.05, 3.63) is 59.2 Å². The maximum absolute atomic E-state index is 11.1. The van der Waals surface area contributed by atoms with Crippen molar-refractivity contribution in [3.63, 3.8) is 0 Å². The molecule has 10 nitrogen and oxygen atoms in total. The number of aromatic amines is 2. The molecule has 2 heterocycles. The first-order valence-electron chi connectivity index (χ1n) is 12.6. The van der Waals surface area contributed by atoms with E-state index in [2.05, 4.69) is 29.4 Å². The van der Waals surface area contributed by atoms with E-state index in [0.717, 1.165) is 22.7 Å². The van der Waals surface area contributed by atoms with Crippen molar-refractivity contribution in [2.75, 3.05) is 14.2 Å². The van der Waals surface area contributed by atoms with Crippen molar-refractivity contribution in [3.8, 4) is 0 Å². The minimum atomic E-state index is -0.895. The van der Waals surface area contributed by atoms with Crippen molar-refractivity contribution >= 4 is 34.0 Å². The van der Waals surface area contributed by atoms with Gasteiger partial charge in [-0.25, -0.2) is 9.97 Å². The van der Waals surface area contributed by atoms with Gasteiger partial charge in [-0.3, -0.25) is 9.59 Å². The van der Waals surface area contributed by atoms with E-state index in [1.165, 1.54) is 14.2 Å². The highest BCUT2D eigenvalue weighted by molar-refractivity contribution is 5.81. The van der Waals surface area contributed by atoms with Gasteiger partial charge in [-0.1, -0.05) is 52.0 Å². The number of aliphatic hydroxyl groups excluding tert-OH is 2. The standard InChI is InChI=1S/2C12H14N2O3.2C2H6/c2*1-7-13-9-5-3-4-8(12(9)14-7)10(15)6-11(16)17-2;2*1-2/h2*3-5,10,15H,6H2,1-2H3,(H,13,14);2*1-2H3. The number of imidazole rings is 2. The molecule has 0 bridgehead atoms. The highest BCUT2D eigenvalue weighted by Crippen LogP contribution is 2.26. The minimum absolute atomic E-state index is 0.0679. The summed E-state index contributed by atoms with van der Waals surface area (Å²) in [6, 6.07) is 10.9. The Balaban J connectivity index is 0.000000336. The van der Waals surface area contributed by atoms with E-state index < -0.39 is 24.1 Å². The van der Waals surface area contributed by atoms with Crippen LogP contribution in [0.25, 0.3) is 22.1 Å². The first kappa shape index (κ1) is 32.3. The van der Waals surface area contributed by atoms with Crippen LogP contribution in [-0.4, -0.2) is 56.3 Å². The average Bonchev–Trinajstić information content (AvgIpc) is 3.51. The summed E-state index contributed by atoms with van der Waals surface area (Å²) in [7, 11) is 2.60. The molecule has 2 atom stereocenters. The van der Waals surface area contributed by atoms with Crippen LogP contribution in [0, 0.1) is 13.8 Å². The lowest BCUT2D eigenvalue weighted by Gasteiger charge is -2.09. The van der Waals surface area contributed by atoms with Gasteiger partial charge in [0.05, 0.1) is 61.3 Å². The first-order chi connectivity index (χ1) is 18.2. The number of hydrogen-bond donors (Lipinski definition) is 4. The van der Waals surface area contributed by atoms with Crippen molar-refractivity contribution in [1.29, 1.82) is 0 Å². The SMILES string of the molecule is CC.CC.COC(=O)CC(O)c1cccc2[nH]c(C)nc12.COC(=O)CC(O)c1cccc2[nH]c(C)nc12. The second-order valence-electron chi connectivity index (χ2n) is 7.72. The van der Waals surface area contributed by atoms with Crippen molar-refractivity contribution < 1.29 is 29.3 Å². The van der Waals surface area contributed by atoms with E-state index in [4.69, 9.17) is 0 Å². The van der Waals surface area contributed by atoms with Crippen LogP contribution in [0.3, 0.4) is 0 Å². The van der Waals surface area contributed by atoms with Gasteiger partial charge in [-0.05, 0) is 26.0 Å². The summed E-state index contributed by atoms with van der Waals surface area (Å²) in [5.74, 6) is 0.666. The van der Waals surface area contributed by atoms with Gasteiger partial charge < -0.3 is 29.7 Å². The molecule has 2 unspecified atom stereocenters. The number of fused-ring (bicyclic) bond motifs is 2.